The van der Waals surface area contributed by atoms with Gasteiger partial charge in [-0.15, -0.1) is 0 Å². The predicted molar refractivity (Wildman–Crippen MR) is 81.7 cm³/mol. The average molecular weight is 263 g/mol. The molecule has 0 aromatic carbocycles. The lowest BCUT2D eigenvalue weighted by atomic mass is 10.1. The molecule has 1 aliphatic carbocycles. The largest absolute Gasteiger partial charge is 0.383 e. The fraction of sp³-hybridized carbons (Fsp3) is 0.533. The van der Waals surface area contributed by atoms with Crippen LogP contribution in [0.15, 0.2) is 41.1 Å². The molecule has 1 aliphatic rings. The van der Waals surface area contributed by atoms with Crippen LogP contribution in [0.25, 0.3) is 0 Å². The monoisotopic (exact) mass is 263 g/mol. The van der Waals surface area contributed by atoms with E-state index in [0.717, 1.165) is 24.4 Å². The normalized spacial score (nSPS) is 20.9. The number of hydrogen-bond donors (Lipinski definition) is 2. The summed E-state index contributed by atoms with van der Waals surface area (Å²) in [5, 5.41) is 6.74. The summed E-state index contributed by atoms with van der Waals surface area (Å²) in [6.07, 6.45) is 11.2. The molecule has 0 aromatic heterocycles. The number of aliphatic imine (C=N–C) groups is 1. The summed E-state index contributed by atoms with van der Waals surface area (Å²) in [7, 11) is 5.52. The highest BCUT2D eigenvalue weighted by Gasteiger charge is 2.08. The van der Waals surface area contributed by atoms with Crippen LogP contribution in [0.1, 0.15) is 13.3 Å². The van der Waals surface area contributed by atoms with Crippen LogP contribution in [0.4, 0.5) is 0 Å². The first-order chi connectivity index (χ1) is 9.19. The van der Waals surface area contributed by atoms with Gasteiger partial charge in [-0.3, -0.25) is 4.99 Å². The number of ether oxygens (including phenoxy) is 1. The number of hydrogen-bond acceptors (Lipinski definition) is 4. The first kappa shape index (κ1) is 15.7. The molecule has 2 atom stereocenters. The van der Waals surface area contributed by atoms with E-state index in [9.17, 15) is 0 Å². The van der Waals surface area contributed by atoms with E-state index in [0.29, 0.717) is 6.04 Å². The van der Waals surface area contributed by atoms with Gasteiger partial charge in [0, 0.05) is 44.6 Å². The summed E-state index contributed by atoms with van der Waals surface area (Å²) < 4.78 is 5.27. The minimum absolute atomic E-state index is 0.0603. The highest BCUT2D eigenvalue weighted by molar-refractivity contribution is 5.82. The van der Waals surface area contributed by atoms with Crippen LogP contribution in [0.2, 0.25) is 0 Å². The van der Waals surface area contributed by atoms with E-state index in [2.05, 4.69) is 34.7 Å². The molecule has 0 aliphatic heterocycles. The zero-order valence-electron chi connectivity index (χ0n) is 12.3. The Balaban J connectivity index is 2.47. The van der Waals surface area contributed by atoms with Crippen molar-refractivity contribution in [2.24, 2.45) is 4.99 Å². The van der Waals surface area contributed by atoms with Crippen LogP contribution >= 0.6 is 0 Å². The molecule has 0 fully saturated rings. The SMILES string of the molecule is CN=C(C)CC(CNC1=CC=CC(OC)C=C1)NC. The van der Waals surface area contributed by atoms with Crippen LogP contribution < -0.4 is 10.6 Å². The smallest absolute Gasteiger partial charge is 0.0940 e. The highest BCUT2D eigenvalue weighted by Crippen LogP contribution is 2.05. The third-order valence-electron chi connectivity index (χ3n) is 3.20. The van der Waals surface area contributed by atoms with Crippen molar-refractivity contribution >= 4 is 5.71 Å². The third-order valence-corrected chi connectivity index (χ3v) is 3.20. The lowest BCUT2D eigenvalue weighted by molar-refractivity contribution is 0.178. The number of rotatable bonds is 7. The van der Waals surface area contributed by atoms with E-state index in [4.69, 9.17) is 4.74 Å². The van der Waals surface area contributed by atoms with Gasteiger partial charge in [-0.1, -0.05) is 12.2 Å². The molecule has 19 heavy (non-hydrogen) atoms. The molecule has 1 rings (SSSR count). The molecule has 0 saturated heterocycles. The van der Waals surface area contributed by atoms with E-state index in [-0.39, 0.29) is 6.10 Å². The number of nitrogens with zero attached hydrogens (tertiary/aromatic N) is 1. The van der Waals surface area contributed by atoms with Crippen molar-refractivity contribution in [2.75, 3.05) is 27.7 Å². The summed E-state index contributed by atoms with van der Waals surface area (Å²) >= 11 is 0. The number of likely N-dealkylation sites (N-methyl/N-ethyl adjacent to an activating group) is 1. The zero-order chi connectivity index (χ0) is 14.1. The van der Waals surface area contributed by atoms with Gasteiger partial charge in [-0.25, -0.2) is 0 Å². The van der Waals surface area contributed by atoms with Crippen molar-refractivity contribution in [2.45, 2.75) is 25.5 Å². The molecule has 0 saturated carbocycles. The number of methoxy groups -OCH3 is 1. The van der Waals surface area contributed by atoms with Gasteiger partial charge in [0.15, 0.2) is 0 Å². The Labute approximate surface area is 116 Å². The maximum absolute atomic E-state index is 5.27. The van der Waals surface area contributed by atoms with E-state index in [1.807, 2.05) is 32.3 Å². The standard InChI is InChI=1S/C15H25N3O/c1-12(16-2)10-14(17-3)11-18-13-6-5-7-15(19-4)9-8-13/h5-9,14-15,17-18H,10-11H2,1-4H3. The molecule has 0 heterocycles. The zero-order valence-corrected chi connectivity index (χ0v) is 12.3. The Morgan fingerprint density at radius 1 is 1.47 bits per heavy atom. The Morgan fingerprint density at radius 2 is 2.26 bits per heavy atom. The van der Waals surface area contributed by atoms with Crippen molar-refractivity contribution in [1.29, 1.82) is 0 Å². The Hall–Kier alpha value is -1.39. The number of allylic oxidation sites excluding steroid dienone is 3. The predicted octanol–water partition coefficient (Wildman–Crippen LogP) is 1.67. The molecule has 0 aromatic rings. The summed E-state index contributed by atoms with van der Waals surface area (Å²) in [4.78, 5) is 4.20. The van der Waals surface area contributed by atoms with Gasteiger partial charge in [0.05, 0.1) is 6.10 Å². The van der Waals surface area contributed by atoms with Crippen LogP contribution in [0, 0.1) is 0 Å². The second-order valence-corrected chi connectivity index (χ2v) is 4.60. The maximum Gasteiger partial charge on any atom is 0.0940 e. The van der Waals surface area contributed by atoms with Gasteiger partial charge >= 0.3 is 0 Å². The number of nitrogens with one attached hydrogen (secondary N) is 2. The molecule has 4 nitrogen and oxygen atoms in total. The van der Waals surface area contributed by atoms with Gasteiger partial charge in [0.25, 0.3) is 0 Å². The van der Waals surface area contributed by atoms with Crippen LogP contribution in [0.5, 0.6) is 0 Å². The summed E-state index contributed by atoms with van der Waals surface area (Å²) in [5.74, 6) is 0. The highest BCUT2D eigenvalue weighted by atomic mass is 16.5. The second-order valence-electron chi connectivity index (χ2n) is 4.60. The lowest BCUT2D eigenvalue weighted by Crippen LogP contribution is -2.37. The van der Waals surface area contributed by atoms with Gasteiger partial charge in [0.1, 0.15) is 0 Å². The minimum Gasteiger partial charge on any atom is -0.383 e. The third kappa shape index (κ3) is 5.85. The summed E-state index contributed by atoms with van der Waals surface area (Å²) in [6.45, 7) is 2.92. The topological polar surface area (TPSA) is 45.7 Å². The van der Waals surface area contributed by atoms with Gasteiger partial charge < -0.3 is 15.4 Å². The molecule has 106 valence electrons. The van der Waals surface area contributed by atoms with E-state index in [1.54, 1.807) is 7.11 Å². The van der Waals surface area contributed by atoms with Crippen molar-refractivity contribution in [3.63, 3.8) is 0 Å². The van der Waals surface area contributed by atoms with E-state index < -0.39 is 0 Å². The second kappa shape index (κ2) is 8.67. The Kier molecular flexibility index (Phi) is 7.15. The molecule has 0 radical (unpaired) electrons. The summed E-state index contributed by atoms with van der Waals surface area (Å²) in [5.41, 5.74) is 2.26. The fourth-order valence-electron chi connectivity index (χ4n) is 1.83. The van der Waals surface area contributed by atoms with Crippen LogP contribution in [-0.2, 0) is 4.74 Å². The quantitative estimate of drug-likeness (QED) is 0.687. The molecule has 0 amide bonds. The first-order valence-electron chi connectivity index (χ1n) is 6.62. The van der Waals surface area contributed by atoms with Gasteiger partial charge in [0.2, 0.25) is 0 Å². The Morgan fingerprint density at radius 3 is 2.89 bits per heavy atom. The van der Waals surface area contributed by atoms with Crippen molar-refractivity contribution < 1.29 is 4.74 Å². The van der Waals surface area contributed by atoms with Crippen LogP contribution in [-0.4, -0.2) is 45.6 Å². The summed E-state index contributed by atoms with van der Waals surface area (Å²) in [6, 6.07) is 0.378. The van der Waals surface area contributed by atoms with Gasteiger partial charge in [-0.2, -0.15) is 0 Å². The fourth-order valence-corrected chi connectivity index (χ4v) is 1.83. The van der Waals surface area contributed by atoms with Crippen molar-refractivity contribution in [1.82, 2.24) is 10.6 Å². The molecule has 0 bridgehead atoms. The molecular formula is C15H25N3O. The van der Waals surface area contributed by atoms with Crippen LogP contribution in [0.3, 0.4) is 0 Å². The molecule has 4 heteroatoms. The van der Waals surface area contributed by atoms with E-state index in [1.165, 1.54) is 0 Å². The molecular weight excluding hydrogens is 238 g/mol. The maximum atomic E-state index is 5.27. The first-order valence-corrected chi connectivity index (χ1v) is 6.62. The van der Waals surface area contributed by atoms with Crippen molar-refractivity contribution in [3.8, 4) is 0 Å². The van der Waals surface area contributed by atoms with E-state index >= 15 is 0 Å². The average Bonchev–Trinajstić information content (AvgIpc) is 2.68. The van der Waals surface area contributed by atoms with Gasteiger partial charge in [-0.05, 0) is 32.2 Å². The molecule has 0 spiro atoms. The van der Waals surface area contributed by atoms with Crippen molar-refractivity contribution in [3.05, 3.63) is 36.1 Å². The molecule has 2 N–H and O–H groups in total. The Bertz CT molecular complexity index is 383. The molecule has 2 unspecified atom stereocenters. The lowest BCUT2D eigenvalue weighted by Gasteiger charge is -2.17. The minimum atomic E-state index is 0.0603.